The second-order valence-corrected chi connectivity index (χ2v) is 11.1. The van der Waals surface area contributed by atoms with Gasteiger partial charge in [0.05, 0.1) is 36.6 Å². The SMILES string of the molecule is COc1cnc(C(F)F)cc1-c1cc(C)ncc1C(=O)Nc1nnc(S[C@H]2Cc3cc(C#N)ccc3[C@H]2O)s1. The molecule has 198 valence electrons. The quantitative estimate of drug-likeness (QED) is 0.292. The van der Waals surface area contributed by atoms with E-state index in [0.717, 1.165) is 22.5 Å². The number of alkyl halides is 2. The molecule has 9 nitrogen and oxygen atoms in total. The second kappa shape index (κ2) is 11.0. The average Bonchev–Trinajstić information content (AvgIpc) is 3.50. The highest BCUT2D eigenvalue weighted by Gasteiger charge is 2.33. The fourth-order valence-corrected chi connectivity index (χ4v) is 6.45. The molecule has 39 heavy (non-hydrogen) atoms. The van der Waals surface area contributed by atoms with Crippen molar-refractivity contribution in [1.82, 2.24) is 20.2 Å². The number of aromatic nitrogens is 4. The molecule has 0 saturated carbocycles. The first-order valence-electron chi connectivity index (χ1n) is 11.6. The number of methoxy groups -OCH3 is 1. The van der Waals surface area contributed by atoms with Gasteiger partial charge in [-0.2, -0.15) is 5.26 Å². The molecule has 2 N–H and O–H groups in total. The van der Waals surface area contributed by atoms with Crippen molar-refractivity contribution in [1.29, 1.82) is 5.26 Å². The number of thioether (sulfide) groups is 1. The van der Waals surface area contributed by atoms with Gasteiger partial charge in [0.2, 0.25) is 5.13 Å². The number of benzene rings is 1. The van der Waals surface area contributed by atoms with Crippen LogP contribution in [0, 0.1) is 18.3 Å². The Labute approximate surface area is 229 Å². The fourth-order valence-electron chi connectivity index (χ4n) is 4.29. The van der Waals surface area contributed by atoms with Crippen LogP contribution in [0.15, 0.2) is 47.1 Å². The summed E-state index contributed by atoms with van der Waals surface area (Å²) < 4.78 is 32.6. The Bertz CT molecular complexity index is 1610. The first-order chi connectivity index (χ1) is 18.8. The molecule has 5 rings (SSSR count). The zero-order valence-corrected chi connectivity index (χ0v) is 22.2. The minimum Gasteiger partial charge on any atom is -0.494 e. The number of rotatable bonds is 7. The first kappa shape index (κ1) is 26.6. The molecule has 1 amide bonds. The van der Waals surface area contributed by atoms with Crippen molar-refractivity contribution in [2.24, 2.45) is 0 Å². The molecule has 0 spiro atoms. The Morgan fingerprint density at radius 2 is 2.05 bits per heavy atom. The number of anilines is 1. The van der Waals surface area contributed by atoms with E-state index in [1.807, 2.05) is 0 Å². The summed E-state index contributed by atoms with van der Waals surface area (Å²) in [5.74, 6) is -0.327. The van der Waals surface area contributed by atoms with E-state index in [9.17, 15) is 18.7 Å². The number of aryl methyl sites for hydroxylation is 1. The average molecular weight is 567 g/mol. The van der Waals surface area contributed by atoms with Crippen LogP contribution >= 0.6 is 23.1 Å². The number of pyridine rings is 2. The Morgan fingerprint density at radius 3 is 2.79 bits per heavy atom. The molecule has 1 aromatic carbocycles. The predicted molar refractivity (Wildman–Crippen MR) is 141 cm³/mol. The lowest BCUT2D eigenvalue weighted by molar-refractivity contribution is 0.102. The van der Waals surface area contributed by atoms with Crippen LogP contribution in [-0.2, 0) is 6.42 Å². The standard InChI is InChI=1S/C26H20F2N6O3S2/c1-12-5-16(17-8-19(23(27)28)31-11-20(17)37-2)18(10-30-12)24(36)32-25-33-34-26(39-25)38-21-7-14-6-13(9-29)3-4-15(14)22(21)35/h3-6,8,10-11,21-23,35H,7H2,1-2H3,(H,32,33,36)/t21-,22+/m0/s1. The molecule has 0 fully saturated rings. The van der Waals surface area contributed by atoms with Gasteiger partial charge in [0.15, 0.2) is 4.34 Å². The zero-order chi connectivity index (χ0) is 27.7. The minimum atomic E-state index is -2.80. The Balaban J connectivity index is 1.36. The molecule has 2 atom stereocenters. The highest BCUT2D eigenvalue weighted by Crippen LogP contribution is 2.43. The van der Waals surface area contributed by atoms with Crippen molar-refractivity contribution in [3.63, 3.8) is 0 Å². The summed E-state index contributed by atoms with van der Waals surface area (Å²) >= 11 is 2.48. The molecule has 0 aliphatic heterocycles. The van der Waals surface area contributed by atoms with Gasteiger partial charge in [-0.25, -0.2) is 8.78 Å². The fraction of sp³-hybridized carbons (Fsp3) is 0.231. The third-order valence-corrected chi connectivity index (χ3v) is 8.33. The minimum absolute atomic E-state index is 0.129. The van der Waals surface area contributed by atoms with Crippen LogP contribution in [0.2, 0.25) is 0 Å². The maximum Gasteiger partial charge on any atom is 0.280 e. The molecule has 13 heteroatoms. The second-order valence-electron chi connectivity index (χ2n) is 8.64. The molecule has 4 aromatic rings. The van der Waals surface area contributed by atoms with E-state index in [4.69, 9.17) is 10.00 Å². The molecule has 0 unspecified atom stereocenters. The number of amides is 1. The summed E-state index contributed by atoms with van der Waals surface area (Å²) in [6, 6.07) is 10.1. The molecule has 3 aromatic heterocycles. The maximum atomic E-state index is 13.4. The van der Waals surface area contributed by atoms with Crippen LogP contribution in [0.3, 0.4) is 0 Å². The normalized spacial score (nSPS) is 16.1. The topological polar surface area (TPSA) is 134 Å². The van der Waals surface area contributed by atoms with Gasteiger partial charge >= 0.3 is 0 Å². The van der Waals surface area contributed by atoms with Crippen molar-refractivity contribution >= 4 is 34.1 Å². The summed E-state index contributed by atoms with van der Waals surface area (Å²) in [7, 11) is 1.39. The van der Waals surface area contributed by atoms with E-state index >= 15 is 0 Å². The number of nitriles is 1. The zero-order valence-electron chi connectivity index (χ0n) is 20.6. The molecule has 3 heterocycles. The number of aliphatic hydroxyl groups is 1. The number of carbonyl (C=O) groups excluding carboxylic acids is 1. The van der Waals surface area contributed by atoms with Crippen molar-refractivity contribution in [3.05, 3.63) is 76.4 Å². The molecule has 0 radical (unpaired) electrons. The number of aliphatic hydroxyl groups excluding tert-OH is 1. The number of ether oxygens (including phenoxy) is 1. The van der Waals surface area contributed by atoms with Crippen molar-refractivity contribution in [3.8, 4) is 22.9 Å². The van der Waals surface area contributed by atoms with Crippen LogP contribution < -0.4 is 10.1 Å². The van der Waals surface area contributed by atoms with Crippen LogP contribution in [0.25, 0.3) is 11.1 Å². The van der Waals surface area contributed by atoms with Crippen molar-refractivity contribution < 1.29 is 23.4 Å². The number of carbonyl (C=O) groups is 1. The van der Waals surface area contributed by atoms with Crippen LogP contribution in [0.4, 0.5) is 13.9 Å². The molecule has 0 bridgehead atoms. The highest BCUT2D eigenvalue weighted by atomic mass is 32.2. The summed E-state index contributed by atoms with van der Waals surface area (Å²) in [5.41, 5.74) is 3.12. The highest BCUT2D eigenvalue weighted by molar-refractivity contribution is 8.01. The van der Waals surface area contributed by atoms with E-state index in [1.54, 1.807) is 31.2 Å². The van der Waals surface area contributed by atoms with Crippen LogP contribution in [0.5, 0.6) is 5.75 Å². The van der Waals surface area contributed by atoms with Gasteiger partial charge in [-0.1, -0.05) is 29.2 Å². The summed E-state index contributed by atoms with van der Waals surface area (Å²) in [4.78, 5) is 21.2. The van der Waals surface area contributed by atoms with Gasteiger partial charge in [-0.15, -0.1) is 10.2 Å². The monoisotopic (exact) mass is 566 g/mol. The van der Waals surface area contributed by atoms with Crippen molar-refractivity contribution in [2.75, 3.05) is 12.4 Å². The number of nitrogens with zero attached hydrogens (tertiary/aromatic N) is 5. The van der Waals surface area contributed by atoms with Gasteiger partial charge in [0, 0.05) is 28.3 Å². The lowest BCUT2D eigenvalue weighted by Gasteiger charge is -2.14. The smallest absolute Gasteiger partial charge is 0.280 e. The van der Waals surface area contributed by atoms with E-state index < -0.39 is 24.1 Å². The lowest BCUT2D eigenvalue weighted by Crippen LogP contribution is -2.14. The van der Waals surface area contributed by atoms with E-state index in [-0.39, 0.29) is 27.3 Å². The number of fused-ring (bicyclic) bond motifs is 1. The molecule has 1 aliphatic rings. The molecule has 1 aliphatic carbocycles. The number of nitrogens with one attached hydrogen (secondary N) is 1. The summed E-state index contributed by atoms with van der Waals surface area (Å²) in [5, 5.41) is 30.8. The van der Waals surface area contributed by atoms with Gasteiger partial charge in [-0.3, -0.25) is 20.1 Å². The summed E-state index contributed by atoms with van der Waals surface area (Å²) in [6.07, 6.45) is -0.411. The maximum absolute atomic E-state index is 13.4. The van der Waals surface area contributed by atoms with Crippen LogP contribution in [0.1, 0.15) is 51.0 Å². The summed E-state index contributed by atoms with van der Waals surface area (Å²) in [6.45, 7) is 1.72. The van der Waals surface area contributed by atoms with Gasteiger partial charge in [-0.05, 0) is 48.7 Å². The third-order valence-electron chi connectivity index (χ3n) is 6.15. The lowest BCUT2D eigenvalue weighted by atomic mass is 9.99. The van der Waals surface area contributed by atoms with Crippen molar-refractivity contribution in [2.45, 2.75) is 35.5 Å². The number of halogens is 2. The van der Waals surface area contributed by atoms with E-state index in [1.165, 1.54) is 37.3 Å². The number of hydrogen-bond donors (Lipinski definition) is 2. The molecular formula is C26H20F2N6O3S2. The Hall–Kier alpha value is -3.99. The van der Waals surface area contributed by atoms with Crippen LogP contribution in [-0.4, -0.2) is 43.5 Å². The van der Waals surface area contributed by atoms with Gasteiger partial charge in [0.1, 0.15) is 11.4 Å². The number of hydrogen-bond acceptors (Lipinski definition) is 10. The molecular weight excluding hydrogens is 546 g/mol. The predicted octanol–water partition coefficient (Wildman–Crippen LogP) is 5.12. The first-order valence-corrected chi connectivity index (χ1v) is 13.3. The van der Waals surface area contributed by atoms with E-state index in [2.05, 4.69) is 31.6 Å². The van der Waals surface area contributed by atoms with E-state index in [0.29, 0.717) is 27.6 Å². The third kappa shape index (κ3) is 5.44. The Kier molecular flexibility index (Phi) is 7.51. The molecule has 0 saturated heterocycles. The largest absolute Gasteiger partial charge is 0.494 e. The van der Waals surface area contributed by atoms with Gasteiger partial charge < -0.3 is 9.84 Å². The van der Waals surface area contributed by atoms with Gasteiger partial charge in [0.25, 0.3) is 12.3 Å². The Morgan fingerprint density at radius 1 is 1.23 bits per heavy atom.